The van der Waals surface area contributed by atoms with Crippen molar-refractivity contribution in [1.29, 1.82) is 10.5 Å². The number of nitriles is 2. The van der Waals surface area contributed by atoms with Crippen molar-refractivity contribution in [2.75, 3.05) is 11.5 Å². The summed E-state index contributed by atoms with van der Waals surface area (Å²) in [6.07, 6.45) is -2.17. The van der Waals surface area contributed by atoms with E-state index in [0.717, 1.165) is 11.1 Å². The molecule has 0 spiro atoms. The second-order valence-electron chi connectivity index (χ2n) is 9.17. The molecular formula is C26H20Cl2F2N8O2S2. The number of fused-ring (bicyclic) bond motifs is 2. The van der Waals surface area contributed by atoms with Crippen LogP contribution in [0.5, 0.6) is 0 Å². The molecule has 2 aromatic heterocycles. The summed E-state index contributed by atoms with van der Waals surface area (Å²) >= 11 is 12.3. The zero-order chi connectivity index (χ0) is 30.0. The van der Waals surface area contributed by atoms with Gasteiger partial charge in [-0.25, -0.2) is 36.5 Å². The minimum absolute atomic E-state index is 0.00838. The van der Waals surface area contributed by atoms with Crippen LogP contribution in [0.4, 0.5) is 8.78 Å². The number of hydrogen-bond acceptors (Lipinski definition) is 8. The summed E-state index contributed by atoms with van der Waals surface area (Å²) in [6.45, 7) is 0. The molecule has 6 atom stereocenters. The van der Waals surface area contributed by atoms with Gasteiger partial charge in [0, 0.05) is 22.9 Å². The first-order valence-corrected chi connectivity index (χ1v) is 15.8. The summed E-state index contributed by atoms with van der Waals surface area (Å²) in [4.78, 5) is 7.96. The van der Waals surface area contributed by atoms with Gasteiger partial charge in [0.1, 0.15) is 33.1 Å². The average molecular weight is 650 g/mol. The quantitative estimate of drug-likeness (QED) is 0.280. The fraction of sp³-hybridized carbons (Fsp3) is 0.308. The average Bonchev–Trinajstić information content (AvgIpc) is 3.73. The molecule has 0 bridgehead atoms. The predicted octanol–water partition coefficient (Wildman–Crippen LogP) is 5.13. The van der Waals surface area contributed by atoms with Crippen LogP contribution in [0.3, 0.4) is 0 Å². The molecule has 10 nitrogen and oxygen atoms in total. The van der Waals surface area contributed by atoms with Gasteiger partial charge in [-0.15, -0.1) is 10.2 Å². The first kappa shape index (κ1) is 29.9. The molecule has 0 fully saturated rings. The van der Waals surface area contributed by atoms with Crippen molar-refractivity contribution in [1.82, 2.24) is 29.5 Å². The van der Waals surface area contributed by atoms with E-state index in [-0.39, 0.29) is 58.4 Å². The van der Waals surface area contributed by atoms with Crippen LogP contribution in [0, 0.1) is 22.7 Å². The van der Waals surface area contributed by atoms with Crippen molar-refractivity contribution in [2.45, 2.75) is 47.6 Å². The van der Waals surface area contributed by atoms with Crippen LogP contribution in [0.2, 0.25) is 10.0 Å². The lowest BCUT2D eigenvalue weighted by Crippen LogP contribution is -2.09. The molecule has 0 N–H and O–H groups in total. The topological polar surface area (TPSA) is 143 Å². The van der Waals surface area contributed by atoms with Gasteiger partial charge < -0.3 is 0 Å². The number of aromatic nitrogens is 6. The lowest BCUT2D eigenvalue weighted by Gasteiger charge is -2.13. The van der Waals surface area contributed by atoms with Gasteiger partial charge >= 0.3 is 0 Å². The van der Waals surface area contributed by atoms with Crippen LogP contribution in [0.25, 0.3) is 0 Å². The van der Waals surface area contributed by atoms with Crippen molar-refractivity contribution in [3.05, 3.63) is 81.4 Å². The molecule has 2 aromatic carbocycles. The van der Waals surface area contributed by atoms with Gasteiger partial charge in [-0.1, -0.05) is 59.6 Å². The van der Waals surface area contributed by atoms with E-state index in [1.54, 1.807) is 36.4 Å². The van der Waals surface area contributed by atoms with E-state index in [4.69, 9.17) is 33.7 Å². The van der Waals surface area contributed by atoms with Gasteiger partial charge in [0.05, 0.1) is 24.2 Å². The van der Waals surface area contributed by atoms with Gasteiger partial charge in [-0.05, 0) is 23.3 Å². The van der Waals surface area contributed by atoms with Crippen LogP contribution in [0.15, 0.2) is 58.8 Å². The molecule has 1 unspecified atom stereocenters. The molecule has 6 rings (SSSR count). The Hall–Kier alpha value is -3.56. The molecule has 216 valence electrons. The van der Waals surface area contributed by atoms with Gasteiger partial charge in [-0.2, -0.15) is 10.5 Å². The number of nitrogens with zero attached hydrogens (tertiary/aromatic N) is 8. The van der Waals surface area contributed by atoms with Crippen molar-refractivity contribution in [3.8, 4) is 12.1 Å². The summed E-state index contributed by atoms with van der Waals surface area (Å²) in [6, 6.07) is 17.1. The van der Waals surface area contributed by atoms with Gasteiger partial charge in [0.15, 0.2) is 24.0 Å². The van der Waals surface area contributed by atoms with Crippen LogP contribution in [-0.2, 0) is 21.6 Å². The third-order valence-electron chi connectivity index (χ3n) is 6.61. The normalized spacial score (nSPS) is 21.8. The highest BCUT2D eigenvalue weighted by Crippen LogP contribution is 2.42. The Bertz CT molecular complexity index is 1640. The molecule has 0 radical (unpaired) electrons. The van der Waals surface area contributed by atoms with Crippen molar-refractivity contribution in [2.24, 2.45) is 0 Å². The zero-order valence-corrected chi connectivity index (χ0v) is 24.6. The Morgan fingerprint density at radius 2 is 1.14 bits per heavy atom. The smallest absolute Gasteiger partial charge is 0.240 e. The van der Waals surface area contributed by atoms with E-state index in [2.05, 4.69) is 20.2 Å². The number of rotatable bonds is 6. The highest BCUT2D eigenvalue weighted by molar-refractivity contribution is 7.85. The number of halogens is 4. The monoisotopic (exact) mass is 648 g/mol. The van der Waals surface area contributed by atoms with E-state index in [1.807, 2.05) is 24.3 Å². The van der Waals surface area contributed by atoms with E-state index in [9.17, 15) is 17.2 Å². The van der Waals surface area contributed by atoms with Crippen molar-refractivity contribution < 1.29 is 17.2 Å². The lowest BCUT2D eigenvalue weighted by molar-refractivity contribution is 0.326. The van der Waals surface area contributed by atoms with Gasteiger partial charge in [-0.3, -0.25) is 0 Å². The highest BCUT2D eigenvalue weighted by atomic mass is 35.5. The summed E-state index contributed by atoms with van der Waals surface area (Å²) < 4.78 is 54.6. The molecule has 0 saturated carbocycles. The Kier molecular flexibility index (Phi) is 9.08. The van der Waals surface area contributed by atoms with E-state index in [0.29, 0.717) is 10.0 Å². The summed E-state index contributed by atoms with van der Waals surface area (Å²) in [7, 11) is -3.27. The van der Waals surface area contributed by atoms with Crippen LogP contribution >= 0.6 is 23.2 Å². The number of hydrogen-bond donors (Lipinski definition) is 0. The molecule has 2 aliphatic heterocycles. The largest absolute Gasteiger partial charge is 0.250 e. The Morgan fingerprint density at radius 3 is 1.50 bits per heavy atom. The third kappa shape index (κ3) is 5.85. The molecule has 2 aliphatic rings. The van der Waals surface area contributed by atoms with E-state index in [1.165, 1.54) is 9.36 Å². The minimum Gasteiger partial charge on any atom is -0.250 e. The van der Waals surface area contributed by atoms with Crippen LogP contribution in [-0.4, -0.2) is 49.5 Å². The lowest BCUT2D eigenvalue weighted by atomic mass is 10.0. The fourth-order valence-corrected chi connectivity index (χ4v) is 6.53. The highest BCUT2D eigenvalue weighted by Gasteiger charge is 2.38. The molecule has 16 heteroatoms. The molecule has 4 aromatic rings. The van der Waals surface area contributed by atoms with Gasteiger partial charge in [0.2, 0.25) is 10.3 Å². The first-order valence-electron chi connectivity index (χ1n) is 12.4. The van der Waals surface area contributed by atoms with Gasteiger partial charge in [0.25, 0.3) is 0 Å². The standard InChI is InChI=1S/2C13H10ClFN4OS/c2*14-9-4-2-1-3-8(9)11-7-10(15)12-17-13(18-19(11)12)21(20)6-5-16/h2*1-4,10-11H,6-7H2/t10-,11-,21?;10-,11-,21+/m00/s1. The maximum Gasteiger partial charge on any atom is 0.240 e. The SMILES string of the molecule is N#CCS(=O)c1nc2n(n1)[C@H](c1ccccc1Cl)C[C@@H]2F.N#CC[S@@](=O)c1nc2n(n1)[C@H](c1ccccc1Cl)C[C@@H]2F. The number of alkyl halides is 2. The Labute approximate surface area is 253 Å². The third-order valence-corrected chi connectivity index (χ3v) is 9.25. The summed E-state index contributed by atoms with van der Waals surface area (Å²) in [5.41, 5.74) is 1.51. The number of benzene rings is 2. The molecule has 4 heterocycles. The molecular weight excluding hydrogens is 629 g/mol. The molecule has 0 aliphatic carbocycles. The van der Waals surface area contributed by atoms with Crippen LogP contribution in [0.1, 0.15) is 60.0 Å². The Balaban J connectivity index is 0.000000168. The second kappa shape index (κ2) is 12.8. The zero-order valence-electron chi connectivity index (χ0n) is 21.5. The maximum atomic E-state index is 14.1. The molecule has 42 heavy (non-hydrogen) atoms. The molecule has 0 saturated heterocycles. The minimum atomic E-state index is -1.64. The van der Waals surface area contributed by atoms with Crippen molar-refractivity contribution in [3.63, 3.8) is 0 Å². The second-order valence-corrected chi connectivity index (χ2v) is 12.7. The first-order chi connectivity index (χ1) is 20.2. The predicted molar refractivity (Wildman–Crippen MR) is 150 cm³/mol. The maximum absolute atomic E-state index is 14.1. The Morgan fingerprint density at radius 1 is 0.762 bits per heavy atom. The summed E-state index contributed by atoms with van der Waals surface area (Å²) in [5.74, 6) is -0.142. The fourth-order valence-electron chi connectivity index (χ4n) is 4.77. The molecule has 0 amide bonds. The van der Waals surface area contributed by atoms with Crippen LogP contribution < -0.4 is 0 Å². The van der Waals surface area contributed by atoms with E-state index < -0.39 is 33.9 Å². The summed E-state index contributed by atoms with van der Waals surface area (Å²) in [5, 5.41) is 26.4. The van der Waals surface area contributed by atoms with E-state index >= 15 is 0 Å². The van der Waals surface area contributed by atoms with Crippen molar-refractivity contribution >= 4 is 44.8 Å².